The molecule has 2 aliphatic rings. The predicted octanol–water partition coefficient (Wildman–Crippen LogP) is 3.18. The van der Waals surface area contributed by atoms with Gasteiger partial charge in [-0.1, -0.05) is 17.7 Å². The highest BCUT2D eigenvalue weighted by Crippen LogP contribution is 2.22. The second-order valence-corrected chi connectivity index (χ2v) is 7.96. The lowest BCUT2D eigenvalue weighted by molar-refractivity contribution is 0.135. The molecule has 0 aliphatic carbocycles. The number of likely N-dealkylation sites (tertiary alicyclic amines) is 1. The summed E-state index contributed by atoms with van der Waals surface area (Å²) in [5.74, 6) is 0. The van der Waals surface area contributed by atoms with E-state index in [2.05, 4.69) is 58.3 Å². The van der Waals surface area contributed by atoms with Crippen LogP contribution in [0.2, 0.25) is 0 Å². The summed E-state index contributed by atoms with van der Waals surface area (Å²) in [4.78, 5) is 7.47. The number of rotatable bonds is 4. The molecular formula is C20H32N4S. The average Bonchev–Trinajstić information content (AvgIpc) is 2.63. The zero-order valence-electron chi connectivity index (χ0n) is 15.7. The summed E-state index contributed by atoms with van der Waals surface area (Å²) in [6, 6.07) is 9.08. The third-order valence-electron chi connectivity index (χ3n) is 5.57. The van der Waals surface area contributed by atoms with Gasteiger partial charge in [0, 0.05) is 51.0 Å². The number of piperidine rings is 1. The molecule has 0 amide bonds. The third kappa shape index (κ3) is 5.40. The lowest BCUT2D eigenvalue weighted by atomic mass is 9.99. The van der Waals surface area contributed by atoms with Crippen molar-refractivity contribution in [2.24, 2.45) is 0 Å². The van der Waals surface area contributed by atoms with E-state index in [-0.39, 0.29) is 0 Å². The summed E-state index contributed by atoms with van der Waals surface area (Å²) >= 11 is 5.75. The number of likely N-dealkylation sites (N-methyl/N-ethyl adjacent to an activating group) is 1. The number of aryl methyl sites for hydroxylation is 1. The minimum atomic E-state index is 0.582. The summed E-state index contributed by atoms with van der Waals surface area (Å²) in [6.45, 7) is 9.20. The van der Waals surface area contributed by atoms with Gasteiger partial charge in [-0.15, -0.1) is 0 Å². The van der Waals surface area contributed by atoms with Crippen LogP contribution in [0.5, 0.6) is 0 Å². The fourth-order valence-corrected chi connectivity index (χ4v) is 4.16. The highest BCUT2D eigenvalue weighted by atomic mass is 32.1. The molecule has 1 atom stereocenters. The molecule has 4 nitrogen and oxygen atoms in total. The molecular weight excluding hydrogens is 328 g/mol. The Hall–Kier alpha value is -1.17. The quantitative estimate of drug-likeness (QED) is 0.830. The number of nitrogens with one attached hydrogen (secondary N) is 1. The molecule has 5 heteroatoms. The highest BCUT2D eigenvalue weighted by molar-refractivity contribution is 7.80. The highest BCUT2D eigenvalue weighted by Gasteiger charge is 2.25. The van der Waals surface area contributed by atoms with Gasteiger partial charge in [-0.3, -0.25) is 0 Å². The van der Waals surface area contributed by atoms with Crippen LogP contribution in [-0.4, -0.2) is 72.2 Å². The van der Waals surface area contributed by atoms with Crippen molar-refractivity contribution in [3.05, 3.63) is 29.8 Å². The van der Waals surface area contributed by atoms with Crippen molar-refractivity contribution < 1.29 is 0 Å². The van der Waals surface area contributed by atoms with Gasteiger partial charge in [0.25, 0.3) is 0 Å². The van der Waals surface area contributed by atoms with Crippen molar-refractivity contribution >= 4 is 23.0 Å². The van der Waals surface area contributed by atoms with E-state index in [1.165, 1.54) is 64.0 Å². The topological polar surface area (TPSA) is 21.8 Å². The zero-order chi connectivity index (χ0) is 17.6. The SMILES string of the molecule is Cc1ccc(NC(=S)N2CCCCC2CCN2CCN(C)CC2)cc1. The lowest BCUT2D eigenvalue weighted by Gasteiger charge is -2.39. The van der Waals surface area contributed by atoms with Crippen molar-refractivity contribution in [3.63, 3.8) is 0 Å². The maximum atomic E-state index is 5.75. The molecule has 0 bridgehead atoms. The van der Waals surface area contributed by atoms with E-state index >= 15 is 0 Å². The number of anilines is 1. The molecule has 1 aromatic carbocycles. The smallest absolute Gasteiger partial charge is 0.173 e. The molecule has 0 saturated carbocycles. The van der Waals surface area contributed by atoms with E-state index in [1.54, 1.807) is 0 Å². The summed E-state index contributed by atoms with van der Waals surface area (Å²) in [5.41, 5.74) is 2.37. The first-order valence-corrected chi connectivity index (χ1v) is 10.1. The fourth-order valence-electron chi connectivity index (χ4n) is 3.80. The summed E-state index contributed by atoms with van der Waals surface area (Å²) in [7, 11) is 2.22. The molecule has 25 heavy (non-hydrogen) atoms. The number of thiocarbonyl (C=S) groups is 1. The summed E-state index contributed by atoms with van der Waals surface area (Å²) < 4.78 is 0. The fraction of sp³-hybridized carbons (Fsp3) is 0.650. The molecule has 0 radical (unpaired) electrons. The van der Waals surface area contributed by atoms with Crippen LogP contribution in [0.25, 0.3) is 0 Å². The molecule has 1 aromatic rings. The van der Waals surface area contributed by atoms with Crippen molar-refractivity contribution in [1.82, 2.24) is 14.7 Å². The average molecular weight is 361 g/mol. The van der Waals surface area contributed by atoms with Crippen LogP contribution in [0.15, 0.2) is 24.3 Å². The Bertz CT molecular complexity index is 551. The maximum absolute atomic E-state index is 5.75. The largest absolute Gasteiger partial charge is 0.346 e. The Labute approximate surface area is 158 Å². The second kappa shape index (κ2) is 8.97. The van der Waals surface area contributed by atoms with Crippen molar-refractivity contribution in [1.29, 1.82) is 0 Å². The van der Waals surface area contributed by atoms with Gasteiger partial charge >= 0.3 is 0 Å². The lowest BCUT2D eigenvalue weighted by Crippen LogP contribution is -2.49. The van der Waals surface area contributed by atoms with Gasteiger partial charge in [-0.2, -0.15) is 0 Å². The Morgan fingerprint density at radius 2 is 1.80 bits per heavy atom. The van der Waals surface area contributed by atoms with E-state index < -0.39 is 0 Å². The monoisotopic (exact) mass is 360 g/mol. The van der Waals surface area contributed by atoms with Gasteiger partial charge in [0.05, 0.1) is 0 Å². The molecule has 2 heterocycles. The predicted molar refractivity (Wildman–Crippen MR) is 110 cm³/mol. The summed E-state index contributed by atoms with van der Waals surface area (Å²) in [6.07, 6.45) is 5.07. The number of hydrogen-bond acceptors (Lipinski definition) is 3. The standard InChI is InChI=1S/C20H32N4S/c1-17-6-8-18(9-7-17)21-20(25)24-11-4-3-5-19(24)10-12-23-15-13-22(2)14-16-23/h6-9,19H,3-5,10-16H2,1-2H3,(H,21,25). The Kier molecular flexibility index (Phi) is 6.68. The normalized spacial score (nSPS) is 22.8. The van der Waals surface area contributed by atoms with Gasteiger partial charge in [-0.05, 0) is 64.0 Å². The van der Waals surface area contributed by atoms with Gasteiger partial charge < -0.3 is 20.0 Å². The number of nitrogens with zero attached hydrogens (tertiary/aromatic N) is 3. The van der Waals surface area contributed by atoms with E-state index in [1.807, 2.05) is 0 Å². The third-order valence-corrected chi connectivity index (χ3v) is 5.90. The van der Waals surface area contributed by atoms with Crippen LogP contribution in [0.4, 0.5) is 5.69 Å². The van der Waals surface area contributed by atoms with Crippen LogP contribution in [0.1, 0.15) is 31.2 Å². The molecule has 138 valence electrons. The van der Waals surface area contributed by atoms with Crippen molar-refractivity contribution in [3.8, 4) is 0 Å². The molecule has 3 rings (SSSR count). The molecule has 2 fully saturated rings. The zero-order valence-corrected chi connectivity index (χ0v) is 16.5. The van der Waals surface area contributed by atoms with Crippen molar-refractivity contribution in [2.75, 3.05) is 51.6 Å². The Morgan fingerprint density at radius 1 is 1.08 bits per heavy atom. The molecule has 1 unspecified atom stereocenters. The van der Waals surface area contributed by atoms with Crippen LogP contribution in [0, 0.1) is 6.92 Å². The Balaban J connectivity index is 1.52. The van der Waals surface area contributed by atoms with Gasteiger partial charge in [0.15, 0.2) is 5.11 Å². The van der Waals surface area contributed by atoms with Crippen LogP contribution >= 0.6 is 12.2 Å². The maximum Gasteiger partial charge on any atom is 0.173 e. The molecule has 2 saturated heterocycles. The minimum absolute atomic E-state index is 0.582. The van der Waals surface area contributed by atoms with Crippen LogP contribution in [0.3, 0.4) is 0 Å². The molecule has 0 aromatic heterocycles. The number of hydrogen-bond donors (Lipinski definition) is 1. The molecule has 0 spiro atoms. The first-order chi connectivity index (χ1) is 12.1. The van der Waals surface area contributed by atoms with Crippen LogP contribution < -0.4 is 5.32 Å². The minimum Gasteiger partial charge on any atom is -0.346 e. The molecule has 1 N–H and O–H groups in total. The molecule has 2 aliphatic heterocycles. The Morgan fingerprint density at radius 3 is 2.52 bits per heavy atom. The number of piperazine rings is 1. The van der Waals surface area contributed by atoms with Gasteiger partial charge in [0.1, 0.15) is 0 Å². The van der Waals surface area contributed by atoms with E-state index in [9.17, 15) is 0 Å². The van der Waals surface area contributed by atoms with E-state index in [4.69, 9.17) is 12.2 Å². The number of benzene rings is 1. The van der Waals surface area contributed by atoms with E-state index in [0.29, 0.717) is 6.04 Å². The van der Waals surface area contributed by atoms with Gasteiger partial charge in [-0.25, -0.2) is 0 Å². The van der Waals surface area contributed by atoms with E-state index in [0.717, 1.165) is 17.3 Å². The van der Waals surface area contributed by atoms with Gasteiger partial charge in [0.2, 0.25) is 0 Å². The summed E-state index contributed by atoms with van der Waals surface area (Å²) in [5, 5.41) is 4.34. The van der Waals surface area contributed by atoms with Crippen LogP contribution in [-0.2, 0) is 0 Å². The second-order valence-electron chi connectivity index (χ2n) is 7.57. The first kappa shape index (κ1) is 18.6. The van der Waals surface area contributed by atoms with Crippen molar-refractivity contribution in [2.45, 2.75) is 38.6 Å². The first-order valence-electron chi connectivity index (χ1n) is 9.67.